The molecule has 0 aliphatic carbocycles. The molecule has 0 aromatic rings. The summed E-state index contributed by atoms with van der Waals surface area (Å²) >= 11 is 0. The third-order valence-electron chi connectivity index (χ3n) is 1.85. The van der Waals surface area contributed by atoms with Crippen molar-refractivity contribution >= 4 is 12.6 Å². The van der Waals surface area contributed by atoms with Gasteiger partial charge in [0.25, 0.3) is 0 Å². The lowest BCUT2D eigenvalue weighted by Crippen LogP contribution is -1.71. The van der Waals surface area contributed by atoms with Gasteiger partial charge < -0.3 is 0 Å². The summed E-state index contributed by atoms with van der Waals surface area (Å²) in [4.78, 5) is 20.2. The molecule has 98 valence electrons. The van der Waals surface area contributed by atoms with Crippen molar-refractivity contribution in [3.63, 3.8) is 0 Å². The van der Waals surface area contributed by atoms with Crippen LogP contribution in [0.4, 0.5) is 0 Å². The third kappa shape index (κ3) is 13.5. The van der Waals surface area contributed by atoms with E-state index in [1.807, 2.05) is 54.7 Å². The van der Waals surface area contributed by atoms with Gasteiger partial charge >= 0.3 is 0 Å². The van der Waals surface area contributed by atoms with Gasteiger partial charge in [0.1, 0.15) is 12.6 Å². The first-order valence-corrected chi connectivity index (χ1v) is 5.88. The minimum atomic E-state index is 0.693. The van der Waals surface area contributed by atoms with Crippen molar-refractivity contribution < 1.29 is 9.59 Å². The Kier molecular flexibility index (Phi) is 11.8. The zero-order chi connectivity index (χ0) is 14.2. The molecule has 0 atom stereocenters. The fourth-order valence-electron chi connectivity index (χ4n) is 0.933. The van der Waals surface area contributed by atoms with E-state index in [-0.39, 0.29) is 0 Å². The molecular formula is C17H18O2. The van der Waals surface area contributed by atoms with Gasteiger partial charge in [-0.2, -0.15) is 0 Å². The summed E-state index contributed by atoms with van der Waals surface area (Å²) in [5.74, 6) is 0. The van der Waals surface area contributed by atoms with Gasteiger partial charge in [-0.25, -0.2) is 0 Å². The Bertz CT molecular complexity index is 456. The normalized spacial score (nSPS) is 14.1. The molecule has 0 N–H and O–H groups in total. The molecule has 0 rings (SSSR count). The molecule has 0 fully saturated rings. The molecule has 2 nitrogen and oxygen atoms in total. The lowest BCUT2D eigenvalue weighted by Gasteiger charge is -1.79. The number of hydrogen-bond donors (Lipinski definition) is 0. The smallest absolute Gasteiger partial charge is 0.145 e. The van der Waals surface area contributed by atoms with Crippen LogP contribution in [0.5, 0.6) is 0 Å². The van der Waals surface area contributed by atoms with Gasteiger partial charge in [-0.15, -0.1) is 0 Å². The topological polar surface area (TPSA) is 34.1 Å². The molecule has 19 heavy (non-hydrogen) atoms. The minimum absolute atomic E-state index is 0.693. The maximum atomic E-state index is 10.3. The minimum Gasteiger partial charge on any atom is -0.299 e. The average Bonchev–Trinajstić information content (AvgIpc) is 2.43. The van der Waals surface area contributed by atoms with Crippen LogP contribution in [-0.2, 0) is 9.59 Å². The van der Waals surface area contributed by atoms with E-state index in [0.717, 1.165) is 12.6 Å². The Morgan fingerprint density at radius 2 is 0.947 bits per heavy atom. The van der Waals surface area contributed by atoms with Crippen LogP contribution in [0.2, 0.25) is 0 Å². The lowest BCUT2D eigenvalue weighted by molar-refractivity contribution is -0.105. The highest BCUT2D eigenvalue weighted by molar-refractivity contribution is 5.72. The molecule has 0 spiro atoms. The fourth-order valence-corrected chi connectivity index (χ4v) is 0.933. The van der Waals surface area contributed by atoms with Crippen molar-refractivity contribution in [3.05, 3.63) is 84.6 Å². The zero-order valence-electron chi connectivity index (χ0n) is 11.0. The van der Waals surface area contributed by atoms with E-state index in [1.165, 1.54) is 6.08 Å². The standard InChI is InChI=1S/C17H18O2/c1-17(16-19)14-12-10-8-6-4-2-3-5-7-9-11-13-15-18/h2-16H,1H3. The van der Waals surface area contributed by atoms with E-state index < -0.39 is 0 Å². The van der Waals surface area contributed by atoms with E-state index >= 15 is 0 Å². The van der Waals surface area contributed by atoms with Gasteiger partial charge in [0.15, 0.2) is 0 Å². The number of rotatable bonds is 8. The molecule has 0 aliphatic rings. The summed E-state index contributed by atoms with van der Waals surface area (Å²) in [6.07, 6.45) is 25.0. The van der Waals surface area contributed by atoms with Gasteiger partial charge in [0.05, 0.1) is 0 Å². The molecular weight excluding hydrogens is 236 g/mol. The second-order valence-corrected chi connectivity index (χ2v) is 3.47. The summed E-state index contributed by atoms with van der Waals surface area (Å²) in [6, 6.07) is 0. The molecule has 0 radical (unpaired) electrons. The predicted molar refractivity (Wildman–Crippen MR) is 80.7 cm³/mol. The molecule has 0 amide bonds. The first-order valence-electron chi connectivity index (χ1n) is 5.88. The number of allylic oxidation sites excluding steroid dienone is 14. The highest BCUT2D eigenvalue weighted by Gasteiger charge is 1.76. The first-order chi connectivity index (χ1) is 9.31. The van der Waals surface area contributed by atoms with Crippen LogP contribution in [0.1, 0.15) is 6.92 Å². The molecule has 0 saturated heterocycles. The van der Waals surface area contributed by atoms with E-state index in [9.17, 15) is 9.59 Å². The quantitative estimate of drug-likeness (QED) is 0.376. The molecule has 0 unspecified atom stereocenters. The van der Waals surface area contributed by atoms with Crippen LogP contribution in [0.3, 0.4) is 0 Å². The van der Waals surface area contributed by atoms with Crippen LogP contribution >= 0.6 is 0 Å². The van der Waals surface area contributed by atoms with E-state index in [2.05, 4.69) is 0 Å². The van der Waals surface area contributed by atoms with Crippen molar-refractivity contribution in [1.82, 2.24) is 0 Å². The van der Waals surface area contributed by atoms with Crippen molar-refractivity contribution in [1.29, 1.82) is 0 Å². The summed E-state index contributed by atoms with van der Waals surface area (Å²) in [6.45, 7) is 1.75. The van der Waals surface area contributed by atoms with Gasteiger partial charge in [0.2, 0.25) is 0 Å². The van der Waals surface area contributed by atoms with E-state index in [1.54, 1.807) is 25.2 Å². The maximum absolute atomic E-state index is 10.3. The molecule has 0 aliphatic heterocycles. The summed E-state index contributed by atoms with van der Waals surface area (Å²) in [5.41, 5.74) is 0.693. The molecule has 0 aromatic carbocycles. The molecule has 0 saturated carbocycles. The van der Waals surface area contributed by atoms with Crippen LogP contribution in [-0.4, -0.2) is 12.6 Å². The summed E-state index contributed by atoms with van der Waals surface area (Å²) in [7, 11) is 0. The predicted octanol–water partition coefficient (Wildman–Crippen LogP) is 3.67. The number of carbonyl (C=O) groups is 2. The molecule has 0 bridgehead atoms. The molecule has 0 aromatic heterocycles. The third-order valence-corrected chi connectivity index (χ3v) is 1.85. The van der Waals surface area contributed by atoms with Crippen LogP contribution in [0.25, 0.3) is 0 Å². The average molecular weight is 254 g/mol. The molecule has 2 heteroatoms. The van der Waals surface area contributed by atoms with Crippen LogP contribution < -0.4 is 0 Å². The van der Waals surface area contributed by atoms with E-state index in [0.29, 0.717) is 5.57 Å². The maximum Gasteiger partial charge on any atom is 0.145 e. The van der Waals surface area contributed by atoms with Crippen LogP contribution in [0.15, 0.2) is 84.6 Å². The Morgan fingerprint density at radius 3 is 1.32 bits per heavy atom. The van der Waals surface area contributed by atoms with Crippen molar-refractivity contribution in [2.45, 2.75) is 6.92 Å². The first kappa shape index (κ1) is 16.5. The van der Waals surface area contributed by atoms with Crippen LogP contribution in [0, 0.1) is 0 Å². The summed E-state index contributed by atoms with van der Waals surface area (Å²) in [5, 5.41) is 0. The highest BCUT2D eigenvalue weighted by atomic mass is 16.1. The molecule has 0 heterocycles. The highest BCUT2D eigenvalue weighted by Crippen LogP contribution is 1.88. The SMILES string of the molecule is CC(C=O)=CC=CC=CC=CC=CC=CC=CC=O. The number of hydrogen-bond acceptors (Lipinski definition) is 2. The van der Waals surface area contributed by atoms with Gasteiger partial charge in [-0.3, -0.25) is 9.59 Å². The fraction of sp³-hybridized carbons (Fsp3) is 0.0588. The Balaban J connectivity index is 3.93. The number of carbonyl (C=O) groups excluding carboxylic acids is 2. The lowest BCUT2D eigenvalue weighted by atomic mass is 10.3. The summed E-state index contributed by atoms with van der Waals surface area (Å²) < 4.78 is 0. The Morgan fingerprint density at radius 1 is 0.579 bits per heavy atom. The Hall–Kier alpha value is -2.48. The van der Waals surface area contributed by atoms with Gasteiger partial charge in [-0.1, -0.05) is 72.9 Å². The second-order valence-electron chi connectivity index (χ2n) is 3.47. The van der Waals surface area contributed by atoms with Crippen molar-refractivity contribution in [2.24, 2.45) is 0 Å². The van der Waals surface area contributed by atoms with Crippen molar-refractivity contribution in [2.75, 3.05) is 0 Å². The van der Waals surface area contributed by atoms with E-state index in [4.69, 9.17) is 0 Å². The van der Waals surface area contributed by atoms with Gasteiger partial charge in [-0.05, 0) is 18.6 Å². The second kappa shape index (κ2) is 13.6. The van der Waals surface area contributed by atoms with Crippen molar-refractivity contribution in [3.8, 4) is 0 Å². The largest absolute Gasteiger partial charge is 0.299 e. The Labute approximate surface area is 114 Å². The zero-order valence-corrected chi connectivity index (χ0v) is 11.0. The monoisotopic (exact) mass is 254 g/mol. The van der Waals surface area contributed by atoms with Gasteiger partial charge in [0, 0.05) is 0 Å². The number of aldehydes is 2.